The highest BCUT2D eigenvalue weighted by molar-refractivity contribution is 9.10. The Labute approximate surface area is 180 Å². The van der Waals surface area contributed by atoms with Gasteiger partial charge in [0.05, 0.1) is 19.1 Å². The first-order valence-electron chi connectivity index (χ1n) is 8.44. The monoisotopic (exact) mass is 476 g/mol. The first kappa shape index (κ1) is 20.9. The second-order valence-electron chi connectivity index (χ2n) is 5.93. The Morgan fingerprint density at radius 1 is 1.14 bits per heavy atom. The lowest BCUT2D eigenvalue weighted by atomic mass is 10.1. The van der Waals surface area contributed by atoms with Crippen molar-refractivity contribution in [3.05, 3.63) is 57.4 Å². The summed E-state index contributed by atoms with van der Waals surface area (Å²) in [5.74, 6) is 0.127. The maximum atomic E-state index is 12.6. The van der Waals surface area contributed by atoms with Crippen LogP contribution in [-0.4, -0.2) is 42.7 Å². The molecule has 1 saturated heterocycles. The fraction of sp³-hybridized carbons (Fsp3) is 0.150. The Balaban J connectivity index is 1.73. The van der Waals surface area contributed by atoms with E-state index in [1.54, 1.807) is 55.7 Å². The van der Waals surface area contributed by atoms with Gasteiger partial charge in [0.25, 0.3) is 11.1 Å². The largest absolute Gasteiger partial charge is 0.497 e. The Kier molecular flexibility index (Phi) is 6.60. The van der Waals surface area contributed by atoms with Crippen LogP contribution in [0.25, 0.3) is 6.08 Å². The highest BCUT2D eigenvalue weighted by atomic mass is 79.9. The molecule has 7 nitrogen and oxygen atoms in total. The van der Waals surface area contributed by atoms with Crippen LogP contribution < -0.4 is 14.8 Å². The summed E-state index contributed by atoms with van der Waals surface area (Å²) in [6.07, 6.45) is 1.57. The second-order valence-corrected chi connectivity index (χ2v) is 7.84. The molecule has 0 radical (unpaired) electrons. The van der Waals surface area contributed by atoms with Crippen molar-refractivity contribution in [3.8, 4) is 11.5 Å². The van der Waals surface area contributed by atoms with Crippen molar-refractivity contribution in [2.24, 2.45) is 0 Å². The highest BCUT2D eigenvalue weighted by Crippen LogP contribution is 2.35. The molecule has 1 aliphatic rings. The van der Waals surface area contributed by atoms with E-state index in [0.29, 0.717) is 22.7 Å². The van der Waals surface area contributed by atoms with Crippen LogP contribution in [0, 0.1) is 0 Å². The molecule has 0 spiro atoms. The van der Waals surface area contributed by atoms with Gasteiger partial charge in [-0.05, 0) is 54.2 Å². The van der Waals surface area contributed by atoms with E-state index in [1.807, 2.05) is 0 Å². The lowest BCUT2D eigenvalue weighted by Gasteiger charge is -2.12. The number of nitrogens with one attached hydrogen (secondary N) is 1. The molecule has 0 bridgehead atoms. The third kappa shape index (κ3) is 4.99. The Morgan fingerprint density at radius 2 is 1.86 bits per heavy atom. The van der Waals surface area contributed by atoms with Gasteiger partial charge in [-0.1, -0.05) is 15.9 Å². The van der Waals surface area contributed by atoms with Crippen molar-refractivity contribution in [2.45, 2.75) is 0 Å². The Hall–Kier alpha value is -2.78. The lowest BCUT2D eigenvalue weighted by Crippen LogP contribution is -2.36. The zero-order chi connectivity index (χ0) is 21.0. The average molecular weight is 477 g/mol. The molecular formula is C20H17BrN2O5S. The molecule has 9 heteroatoms. The predicted octanol–water partition coefficient (Wildman–Crippen LogP) is 4.14. The number of amides is 3. The number of carbonyl (C=O) groups excluding carboxylic acids is 3. The van der Waals surface area contributed by atoms with Gasteiger partial charge >= 0.3 is 0 Å². The van der Waals surface area contributed by atoms with Crippen molar-refractivity contribution in [1.82, 2.24) is 4.90 Å². The first-order valence-corrected chi connectivity index (χ1v) is 10.0. The average Bonchev–Trinajstić information content (AvgIpc) is 2.97. The van der Waals surface area contributed by atoms with Crippen LogP contribution in [0.1, 0.15) is 5.56 Å². The van der Waals surface area contributed by atoms with Crippen LogP contribution in [0.2, 0.25) is 0 Å². The van der Waals surface area contributed by atoms with Gasteiger partial charge in [-0.2, -0.15) is 0 Å². The predicted molar refractivity (Wildman–Crippen MR) is 115 cm³/mol. The van der Waals surface area contributed by atoms with E-state index in [9.17, 15) is 14.4 Å². The van der Waals surface area contributed by atoms with Gasteiger partial charge in [-0.15, -0.1) is 0 Å². The third-order valence-corrected chi connectivity index (χ3v) is 5.47. The Bertz CT molecular complexity index is 991. The molecule has 0 aliphatic carbocycles. The maximum absolute atomic E-state index is 12.6. The Morgan fingerprint density at radius 3 is 2.52 bits per heavy atom. The summed E-state index contributed by atoms with van der Waals surface area (Å²) in [4.78, 5) is 38.3. The van der Waals surface area contributed by atoms with Crippen LogP contribution in [0.4, 0.5) is 10.5 Å². The molecule has 3 rings (SSSR count). The number of anilines is 1. The number of rotatable bonds is 6. The van der Waals surface area contributed by atoms with E-state index in [4.69, 9.17) is 9.47 Å². The van der Waals surface area contributed by atoms with E-state index < -0.39 is 17.1 Å². The normalized spacial score (nSPS) is 15.0. The summed E-state index contributed by atoms with van der Waals surface area (Å²) in [5, 5.41) is 2.16. The minimum Gasteiger partial charge on any atom is -0.497 e. The minimum atomic E-state index is -0.524. The van der Waals surface area contributed by atoms with Crippen molar-refractivity contribution in [1.29, 1.82) is 0 Å². The molecule has 0 saturated carbocycles. The number of carbonyl (C=O) groups is 3. The lowest BCUT2D eigenvalue weighted by molar-refractivity contribution is -0.127. The van der Waals surface area contributed by atoms with Crippen LogP contribution in [0.3, 0.4) is 0 Å². The summed E-state index contributed by atoms with van der Waals surface area (Å²) in [6.45, 7) is -0.363. The second kappa shape index (κ2) is 9.15. The maximum Gasteiger partial charge on any atom is 0.294 e. The summed E-state index contributed by atoms with van der Waals surface area (Å²) in [6, 6.07) is 12.1. The molecule has 0 unspecified atom stereocenters. The summed E-state index contributed by atoms with van der Waals surface area (Å²) >= 11 is 4.10. The molecule has 1 N–H and O–H groups in total. The molecule has 0 atom stereocenters. The number of nitrogens with zero attached hydrogens (tertiary/aromatic N) is 1. The van der Waals surface area contributed by atoms with E-state index in [-0.39, 0.29) is 11.4 Å². The van der Waals surface area contributed by atoms with Crippen molar-refractivity contribution in [2.75, 3.05) is 26.1 Å². The molecule has 1 aliphatic heterocycles. The number of ether oxygens (including phenoxy) is 2. The molecular weight excluding hydrogens is 460 g/mol. The first-order chi connectivity index (χ1) is 13.9. The molecule has 2 aromatic rings. The zero-order valence-electron chi connectivity index (χ0n) is 15.6. The van der Waals surface area contributed by atoms with Gasteiger partial charge in [0.2, 0.25) is 5.91 Å². The summed E-state index contributed by atoms with van der Waals surface area (Å²) in [5.41, 5.74) is 1.20. The van der Waals surface area contributed by atoms with Gasteiger partial charge in [0.1, 0.15) is 18.0 Å². The van der Waals surface area contributed by atoms with Gasteiger partial charge in [-0.25, -0.2) is 0 Å². The number of thioether (sulfide) groups is 1. The van der Waals surface area contributed by atoms with Crippen molar-refractivity contribution >= 4 is 56.5 Å². The number of hydrogen-bond acceptors (Lipinski definition) is 6. The summed E-state index contributed by atoms with van der Waals surface area (Å²) < 4.78 is 11.3. The smallest absolute Gasteiger partial charge is 0.294 e. The fourth-order valence-corrected chi connectivity index (χ4v) is 3.69. The highest BCUT2D eigenvalue weighted by Gasteiger charge is 2.36. The number of halogens is 1. The third-order valence-electron chi connectivity index (χ3n) is 4.03. The molecule has 150 valence electrons. The van der Waals surface area contributed by atoms with E-state index in [1.165, 1.54) is 7.11 Å². The standard InChI is InChI=1S/C20H17BrN2O5S/c1-27-15-8-3-12(16(10-15)28-2)9-17-19(25)23(20(26)29-17)11-18(24)22-14-6-4-13(21)5-7-14/h3-10H,11H2,1-2H3,(H,22,24)/b17-9+. The van der Waals surface area contributed by atoms with Crippen LogP contribution in [0.5, 0.6) is 11.5 Å². The quantitative estimate of drug-likeness (QED) is 0.630. The van der Waals surface area contributed by atoms with E-state index in [0.717, 1.165) is 21.1 Å². The van der Waals surface area contributed by atoms with Crippen molar-refractivity contribution in [3.63, 3.8) is 0 Å². The number of imide groups is 1. The molecule has 29 heavy (non-hydrogen) atoms. The van der Waals surface area contributed by atoms with E-state index in [2.05, 4.69) is 21.2 Å². The van der Waals surface area contributed by atoms with Gasteiger partial charge in [0.15, 0.2) is 0 Å². The zero-order valence-corrected chi connectivity index (χ0v) is 18.0. The van der Waals surface area contributed by atoms with Crippen molar-refractivity contribution < 1.29 is 23.9 Å². The van der Waals surface area contributed by atoms with Gasteiger partial charge < -0.3 is 14.8 Å². The number of benzene rings is 2. The molecule has 1 heterocycles. The van der Waals surface area contributed by atoms with Gasteiger partial charge in [-0.3, -0.25) is 19.3 Å². The number of methoxy groups -OCH3 is 2. The van der Waals surface area contributed by atoms with E-state index >= 15 is 0 Å². The summed E-state index contributed by atoms with van der Waals surface area (Å²) in [7, 11) is 3.05. The molecule has 0 aromatic heterocycles. The molecule has 1 fully saturated rings. The molecule has 2 aromatic carbocycles. The minimum absolute atomic E-state index is 0.218. The van der Waals surface area contributed by atoms with Crippen LogP contribution >= 0.6 is 27.7 Å². The SMILES string of the molecule is COc1ccc(/C=C2/SC(=O)N(CC(=O)Nc3ccc(Br)cc3)C2=O)c(OC)c1. The van der Waals surface area contributed by atoms with Crippen LogP contribution in [0.15, 0.2) is 51.8 Å². The topological polar surface area (TPSA) is 84.9 Å². The molecule has 3 amide bonds. The van der Waals surface area contributed by atoms with Gasteiger partial charge in [0, 0.05) is 21.8 Å². The number of hydrogen-bond donors (Lipinski definition) is 1. The fourth-order valence-electron chi connectivity index (χ4n) is 2.59. The van der Waals surface area contributed by atoms with Crippen LogP contribution in [-0.2, 0) is 9.59 Å².